The summed E-state index contributed by atoms with van der Waals surface area (Å²) in [5, 5.41) is 14.9. The zero-order chi connectivity index (χ0) is 18.7. The van der Waals surface area contributed by atoms with Crippen molar-refractivity contribution in [1.29, 1.82) is 0 Å². The van der Waals surface area contributed by atoms with E-state index < -0.39 is 4.92 Å². The third kappa shape index (κ3) is 4.15. The Bertz CT molecular complexity index is 844. The molecule has 0 aromatic heterocycles. The number of para-hydroxylation sites is 1. The molecule has 3 rings (SSSR count). The number of nitrogens with one attached hydrogen (secondary N) is 1. The van der Waals surface area contributed by atoms with Crippen LogP contribution in [0.5, 0.6) is 0 Å². The van der Waals surface area contributed by atoms with E-state index in [-0.39, 0.29) is 17.6 Å². The Labute approximate surface area is 160 Å². The van der Waals surface area contributed by atoms with E-state index in [1.165, 1.54) is 6.07 Å². The van der Waals surface area contributed by atoms with Gasteiger partial charge in [-0.05, 0) is 37.6 Å². The number of likely N-dealkylation sites (tertiary alicyclic amines) is 1. The highest BCUT2D eigenvalue weighted by atomic mass is 35.5. The number of carbonyl (C=O) groups excluding carboxylic acids is 1. The zero-order valence-electron chi connectivity index (χ0n) is 13.8. The fraction of sp³-hybridized carbons (Fsp3) is 0.278. The minimum atomic E-state index is -0.397. The number of carbonyl (C=O) groups is 1. The molecule has 6 nitrogen and oxygen atoms in total. The van der Waals surface area contributed by atoms with Gasteiger partial charge in [0.15, 0.2) is 0 Å². The van der Waals surface area contributed by atoms with Gasteiger partial charge in [-0.1, -0.05) is 41.4 Å². The minimum Gasteiger partial charge on any atom is -0.323 e. The largest absolute Gasteiger partial charge is 0.323 e. The van der Waals surface area contributed by atoms with Crippen molar-refractivity contribution in [2.45, 2.75) is 25.4 Å². The quantitative estimate of drug-likeness (QED) is 0.598. The summed E-state index contributed by atoms with van der Waals surface area (Å²) in [6, 6.07) is 11.1. The molecule has 0 saturated carbocycles. The molecule has 8 heteroatoms. The molecular formula is C18H17Cl2N3O3. The van der Waals surface area contributed by atoms with E-state index in [0.29, 0.717) is 40.8 Å². The molecule has 1 N–H and O–H groups in total. The predicted molar refractivity (Wildman–Crippen MR) is 102 cm³/mol. The second-order valence-electron chi connectivity index (χ2n) is 6.13. The van der Waals surface area contributed by atoms with Gasteiger partial charge in [-0.2, -0.15) is 0 Å². The molecule has 136 valence electrons. The molecule has 0 radical (unpaired) electrons. The van der Waals surface area contributed by atoms with E-state index in [1.54, 1.807) is 36.4 Å². The van der Waals surface area contributed by atoms with E-state index in [0.717, 1.165) is 6.42 Å². The van der Waals surface area contributed by atoms with Crippen molar-refractivity contribution in [3.8, 4) is 0 Å². The van der Waals surface area contributed by atoms with Gasteiger partial charge >= 0.3 is 0 Å². The second kappa shape index (κ2) is 8.03. The Hall–Kier alpha value is -2.15. The number of nitro benzene ring substituents is 1. The Balaban J connectivity index is 1.75. The molecule has 1 fully saturated rings. The Kier molecular flexibility index (Phi) is 5.76. The lowest BCUT2D eigenvalue weighted by Gasteiger charge is -2.24. The van der Waals surface area contributed by atoms with Crippen molar-refractivity contribution in [3.05, 3.63) is 68.2 Å². The molecule has 1 unspecified atom stereocenters. The molecule has 2 aromatic carbocycles. The number of benzene rings is 2. The maximum absolute atomic E-state index is 12.7. The molecule has 1 atom stereocenters. The van der Waals surface area contributed by atoms with E-state index in [2.05, 4.69) is 5.32 Å². The van der Waals surface area contributed by atoms with Crippen LogP contribution in [0, 0.1) is 10.1 Å². The van der Waals surface area contributed by atoms with E-state index in [9.17, 15) is 14.9 Å². The van der Waals surface area contributed by atoms with Gasteiger partial charge in [0.05, 0.1) is 21.7 Å². The maximum atomic E-state index is 12.7. The molecule has 1 aliphatic rings. The fourth-order valence-electron chi connectivity index (χ4n) is 3.16. The van der Waals surface area contributed by atoms with Crippen molar-refractivity contribution >= 4 is 40.5 Å². The molecule has 1 saturated heterocycles. The first kappa shape index (κ1) is 18.6. The molecule has 0 spiro atoms. The number of hydrogen-bond acceptors (Lipinski definition) is 4. The van der Waals surface area contributed by atoms with Gasteiger partial charge < -0.3 is 5.32 Å². The molecule has 0 bridgehead atoms. The number of hydrogen-bond donors (Lipinski definition) is 1. The third-order valence-electron chi connectivity index (χ3n) is 4.41. The average molecular weight is 394 g/mol. The molecule has 0 aliphatic carbocycles. The zero-order valence-corrected chi connectivity index (χ0v) is 15.3. The summed E-state index contributed by atoms with van der Waals surface area (Å²) in [5.74, 6) is -0.190. The number of halogens is 2. The monoisotopic (exact) mass is 393 g/mol. The first-order valence-corrected chi connectivity index (χ1v) is 8.93. The average Bonchev–Trinajstić information content (AvgIpc) is 3.06. The summed E-state index contributed by atoms with van der Waals surface area (Å²) in [6.45, 7) is 1.05. The topological polar surface area (TPSA) is 75.5 Å². The van der Waals surface area contributed by atoms with Crippen LogP contribution in [0.15, 0.2) is 42.5 Å². The number of nitrogens with zero attached hydrogens (tertiary/aromatic N) is 2. The lowest BCUT2D eigenvalue weighted by molar-refractivity contribution is -0.385. The second-order valence-corrected chi connectivity index (χ2v) is 6.97. The third-order valence-corrected chi connectivity index (χ3v) is 4.98. The highest BCUT2D eigenvalue weighted by Crippen LogP contribution is 2.28. The normalized spacial score (nSPS) is 17.2. The van der Waals surface area contributed by atoms with Gasteiger partial charge in [0.2, 0.25) is 5.91 Å². The summed E-state index contributed by atoms with van der Waals surface area (Å²) < 4.78 is 0. The fourth-order valence-corrected chi connectivity index (χ4v) is 3.50. The van der Waals surface area contributed by atoms with Crippen molar-refractivity contribution in [2.75, 3.05) is 11.9 Å². The van der Waals surface area contributed by atoms with Gasteiger partial charge in [-0.3, -0.25) is 19.8 Å². The maximum Gasteiger partial charge on any atom is 0.273 e. The van der Waals surface area contributed by atoms with Gasteiger partial charge in [0.1, 0.15) is 0 Å². The Morgan fingerprint density at radius 3 is 2.81 bits per heavy atom. The van der Waals surface area contributed by atoms with Gasteiger partial charge in [-0.25, -0.2) is 0 Å². The van der Waals surface area contributed by atoms with Crippen molar-refractivity contribution < 1.29 is 9.72 Å². The number of nitro groups is 1. The standard InChI is InChI=1S/C18H17Cl2N3O3/c19-13-7-8-14(20)15(10-13)21-18(24)17-6-3-9-22(17)11-12-4-1-2-5-16(12)23(25)26/h1-2,4-5,7-8,10,17H,3,6,9,11H2,(H,21,24). The molecule has 1 amide bonds. The Morgan fingerprint density at radius 1 is 1.27 bits per heavy atom. The highest BCUT2D eigenvalue weighted by molar-refractivity contribution is 6.35. The summed E-state index contributed by atoms with van der Waals surface area (Å²) >= 11 is 12.1. The number of anilines is 1. The molecule has 26 heavy (non-hydrogen) atoms. The molecule has 1 aliphatic heterocycles. The van der Waals surface area contributed by atoms with Crippen LogP contribution >= 0.6 is 23.2 Å². The first-order chi connectivity index (χ1) is 12.5. The summed E-state index contributed by atoms with van der Waals surface area (Å²) in [6.07, 6.45) is 1.53. The lowest BCUT2D eigenvalue weighted by Crippen LogP contribution is -2.39. The van der Waals surface area contributed by atoms with Crippen LogP contribution in [0.2, 0.25) is 10.0 Å². The van der Waals surface area contributed by atoms with Crippen LogP contribution in [-0.4, -0.2) is 28.3 Å². The van der Waals surface area contributed by atoms with Crippen molar-refractivity contribution in [2.24, 2.45) is 0 Å². The smallest absolute Gasteiger partial charge is 0.273 e. The summed E-state index contributed by atoms with van der Waals surface area (Å²) in [7, 11) is 0. The Morgan fingerprint density at radius 2 is 2.04 bits per heavy atom. The van der Waals surface area contributed by atoms with Crippen LogP contribution in [0.4, 0.5) is 11.4 Å². The van der Waals surface area contributed by atoms with Crippen LogP contribution < -0.4 is 5.32 Å². The van der Waals surface area contributed by atoms with Crippen molar-refractivity contribution in [3.63, 3.8) is 0 Å². The SMILES string of the molecule is O=C(Nc1cc(Cl)ccc1Cl)C1CCCN1Cc1ccccc1[N+](=O)[O-]. The van der Waals surface area contributed by atoms with Crippen LogP contribution in [0.25, 0.3) is 0 Å². The van der Waals surface area contributed by atoms with Crippen LogP contribution in [0.3, 0.4) is 0 Å². The molecule has 2 aromatic rings. The van der Waals surface area contributed by atoms with Gasteiger partial charge in [-0.15, -0.1) is 0 Å². The van der Waals surface area contributed by atoms with E-state index in [1.807, 2.05) is 4.90 Å². The van der Waals surface area contributed by atoms with Crippen LogP contribution in [-0.2, 0) is 11.3 Å². The van der Waals surface area contributed by atoms with Gasteiger partial charge in [0.25, 0.3) is 5.69 Å². The van der Waals surface area contributed by atoms with E-state index in [4.69, 9.17) is 23.2 Å². The molecule has 1 heterocycles. The first-order valence-electron chi connectivity index (χ1n) is 8.18. The predicted octanol–water partition coefficient (Wildman–Crippen LogP) is 4.50. The molecular weight excluding hydrogens is 377 g/mol. The van der Waals surface area contributed by atoms with Crippen molar-refractivity contribution in [1.82, 2.24) is 4.90 Å². The van der Waals surface area contributed by atoms with E-state index >= 15 is 0 Å². The highest BCUT2D eigenvalue weighted by Gasteiger charge is 2.32. The summed E-state index contributed by atoms with van der Waals surface area (Å²) in [5.41, 5.74) is 1.12. The van der Waals surface area contributed by atoms with Gasteiger partial charge in [0, 0.05) is 23.2 Å². The van der Waals surface area contributed by atoms with Crippen LogP contribution in [0.1, 0.15) is 18.4 Å². The minimum absolute atomic E-state index is 0.0662. The number of amides is 1. The number of rotatable bonds is 5. The summed E-state index contributed by atoms with van der Waals surface area (Å²) in [4.78, 5) is 25.5. The lowest BCUT2D eigenvalue weighted by atomic mass is 10.1.